The van der Waals surface area contributed by atoms with Crippen LogP contribution in [0, 0.1) is 0 Å². The SMILES string of the molecule is COc1ccc(SC(=O)NCC(Br)CBr)cc1. The van der Waals surface area contributed by atoms with E-state index in [4.69, 9.17) is 4.74 Å². The number of ether oxygens (including phenoxy) is 1. The van der Waals surface area contributed by atoms with Crippen LogP contribution in [0.15, 0.2) is 29.2 Å². The van der Waals surface area contributed by atoms with Gasteiger partial charge in [0.15, 0.2) is 0 Å². The number of hydrogen-bond donors (Lipinski definition) is 1. The molecule has 0 aliphatic heterocycles. The Kier molecular flexibility index (Phi) is 6.99. The zero-order valence-electron chi connectivity index (χ0n) is 9.28. The van der Waals surface area contributed by atoms with Crippen LogP contribution < -0.4 is 10.1 Å². The van der Waals surface area contributed by atoms with Crippen LogP contribution in [0.5, 0.6) is 5.75 Å². The Morgan fingerprint density at radius 1 is 1.47 bits per heavy atom. The monoisotopic (exact) mass is 381 g/mol. The lowest BCUT2D eigenvalue weighted by molar-refractivity contribution is 0.261. The third-order valence-electron chi connectivity index (χ3n) is 1.91. The Morgan fingerprint density at radius 3 is 2.65 bits per heavy atom. The lowest BCUT2D eigenvalue weighted by Crippen LogP contribution is -2.26. The van der Waals surface area contributed by atoms with Gasteiger partial charge in [-0.15, -0.1) is 0 Å². The van der Waals surface area contributed by atoms with E-state index < -0.39 is 0 Å². The van der Waals surface area contributed by atoms with Gasteiger partial charge in [0.25, 0.3) is 5.24 Å². The van der Waals surface area contributed by atoms with E-state index >= 15 is 0 Å². The number of rotatable bonds is 5. The van der Waals surface area contributed by atoms with Crippen molar-refractivity contribution < 1.29 is 9.53 Å². The minimum atomic E-state index is -0.0550. The first kappa shape index (κ1) is 14.9. The van der Waals surface area contributed by atoms with Crippen molar-refractivity contribution in [2.75, 3.05) is 19.0 Å². The van der Waals surface area contributed by atoms with Crippen LogP contribution in [0.2, 0.25) is 0 Å². The van der Waals surface area contributed by atoms with Crippen molar-refractivity contribution in [3.63, 3.8) is 0 Å². The van der Waals surface area contributed by atoms with Crippen molar-refractivity contribution in [3.8, 4) is 5.75 Å². The number of carbonyl (C=O) groups excluding carboxylic acids is 1. The van der Waals surface area contributed by atoms with Gasteiger partial charge in [0.2, 0.25) is 0 Å². The molecule has 0 saturated carbocycles. The highest BCUT2D eigenvalue weighted by atomic mass is 79.9. The molecular formula is C11H13Br2NO2S. The standard InChI is InChI=1S/C11H13Br2NO2S/c1-16-9-2-4-10(5-3-9)17-11(15)14-7-8(13)6-12/h2-5,8H,6-7H2,1H3,(H,14,15). The summed E-state index contributed by atoms with van der Waals surface area (Å²) in [6.45, 7) is 0.604. The van der Waals surface area contributed by atoms with Crippen molar-refractivity contribution >= 4 is 48.9 Å². The van der Waals surface area contributed by atoms with Crippen LogP contribution in [-0.2, 0) is 0 Å². The van der Waals surface area contributed by atoms with Crippen LogP contribution in [0.3, 0.4) is 0 Å². The molecule has 0 bridgehead atoms. The van der Waals surface area contributed by atoms with Gasteiger partial charge in [-0.05, 0) is 36.0 Å². The van der Waals surface area contributed by atoms with Gasteiger partial charge in [0.1, 0.15) is 5.75 Å². The number of carbonyl (C=O) groups is 1. The second-order valence-corrected chi connectivity index (χ2v) is 6.19. The van der Waals surface area contributed by atoms with Crippen molar-refractivity contribution in [2.45, 2.75) is 9.72 Å². The summed E-state index contributed by atoms with van der Waals surface area (Å²) >= 11 is 7.92. The van der Waals surface area contributed by atoms with Gasteiger partial charge < -0.3 is 10.1 Å². The van der Waals surface area contributed by atoms with Crippen molar-refractivity contribution in [1.82, 2.24) is 5.32 Å². The van der Waals surface area contributed by atoms with Gasteiger partial charge in [0.05, 0.1) is 7.11 Å². The summed E-state index contributed by atoms with van der Waals surface area (Å²) in [5.74, 6) is 0.787. The van der Waals surface area contributed by atoms with E-state index in [1.54, 1.807) is 7.11 Å². The molecule has 0 radical (unpaired) electrons. The van der Waals surface area contributed by atoms with Gasteiger partial charge in [0, 0.05) is 21.6 Å². The first-order valence-electron chi connectivity index (χ1n) is 4.95. The number of nitrogens with one attached hydrogen (secondary N) is 1. The molecule has 1 N–H and O–H groups in total. The second-order valence-electron chi connectivity index (χ2n) is 3.20. The van der Waals surface area contributed by atoms with E-state index in [0.29, 0.717) is 6.54 Å². The minimum absolute atomic E-state index is 0.0550. The smallest absolute Gasteiger partial charge is 0.283 e. The highest BCUT2D eigenvalue weighted by Gasteiger charge is 2.07. The number of amides is 1. The Hall–Kier alpha value is -0.200. The summed E-state index contributed by atoms with van der Waals surface area (Å²) in [5, 5.41) is 3.58. The molecule has 3 nitrogen and oxygen atoms in total. The molecule has 0 aliphatic carbocycles. The van der Waals surface area contributed by atoms with E-state index in [0.717, 1.165) is 16.0 Å². The molecule has 1 amide bonds. The molecular weight excluding hydrogens is 370 g/mol. The topological polar surface area (TPSA) is 38.3 Å². The van der Waals surface area contributed by atoms with Crippen molar-refractivity contribution in [1.29, 1.82) is 0 Å². The molecule has 0 aromatic heterocycles. The molecule has 0 heterocycles. The summed E-state index contributed by atoms with van der Waals surface area (Å²) < 4.78 is 5.05. The quantitative estimate of drug-likeness (QED) is 0.623. The van der Waals surface area contributed by atoms with Crippen LogP contribution in [0.4, 0.5) is 4.79 Å². The predicted molar refractivity (Wildman–Crippen MR) is 78.8 cm³/mol. The highest BCUT2D eigenvalue weighted by Crippen LogP contribution is 2.21. The third-order valence-corrected chi connectivity index (χ3v) is 5.04. The van der Waals surface area contributed by atoms with E-state index in [-0.39, 0.29) is 10.1 Å². The largest absolute Gasteiger partial charge is 0.497 e. The normalized spacial score (nSPS) is 11.9. The Labute approximate surface area is 122 Å². The molecule has 94 valence electrons. The van der Waals surface area contributed by atoms with Gasteiger partial charge in [-0.2, -0.15) is 0 Å². The molecule has 0 fully saturated rings. The van der Waals surface area contributed by atoms with Crippen molar-refractivity contribution in [3.05, 3.63) is 24.3 Å². The Bertz CT molecular complexity index is 359. The van der Waals surface area contributed by atoms with E-state index in [1.807, 2.05) is 24.3 Å². The number of methoxy groups -OCH3 is 1. The molecule has 1 atom stereocenters. The summed E-state index contributed by atoms with van der Waals surface area (Å²) in [7, 11) is 1.62. The summed E-state index contributed by atoms with van der Waals surface area (Å²) in [4.78, 5) is 12.7. The number of thioether (sulfide) groups is 1. The zero-order valence-corrected chi connectivity index (χ0v) is 13.3. The van der Waals surface area contributed by atoms with Gasteiger partial charge in [-0.1, -0.05) is 31.9 Å². The lowest BCUT2D eigenvalue weighted by Gasteiger charge is -2.08. The zero-order chi connectivity index (χ0) is 12.7. The lowest BCUT2D eigenvalue weighted by atomic mass is 10.3. The molecule has 17 heavy (non-hydrogen) atoms. The first-order valence-corrected chi connectivity index (χ1v) is 7.81. The predicted octanol–water partition coefficient (Wildman–Crippen LogP) is 3.66. The van der Waals surface area contributed by atoms with E-state index in [1.165, 1.54) is 11.8 Å². The second kappa shape index (κ2) is 8.00. The molecule has 0 spiro atoms. The van der Waals surface area contributed by atoms with Crippen LogP contribution in [-0.4, -0.2) is 29.1 Å². The Balaban J connectivity index is 2.39. The van der Waals surface area contributed by atoms with Crippen LogP contribution in [0.25, 0.3) is 0 Å². The number of halogens is 2. The highest BCUT2D eigenvalue weighted by molar-refractivity contribution is 9.12. The fourth-order valence-electron chi connectivity index (χ4n) is 1.04. The molecule has 0 aliphatic rings. The maximum absolute atomic E-state index is 11.6. The van der Waals surface area contributed by atoms with Crippen LogP contribution in [0.1, 0.15) is 0 Å². The minimum Gasteiger partial charge on any atom is -0.497 e. The summed E-state index contributed by atoms with van der Waals surface area (Å²) in [6, 6.07) is 7.39. The fourth-order valence-corrected chi connectivity index (χ4v) is 2.07. The molecule has 1 aromatic rings. The molecule has 1 rings (SSSR count). The maximum Gasteiger partial charge on any atom is 0.283 e. The van der Waals surface area contributed by atoms with E-state index in [2.05, 4.69) is 37.2 Å². The van der Waals surface area contributed by atoms with Crippen molar-refractivity contribution in [2.24, 2.45) is 0 Å². The molecule has 1 aromatic carbocycles. The fraction of sp³-hybridized carbons (Fsp3) is 0.364. The number of hydrogen-bond acceptors (Lipinski definition) is 3. The van der Waals surface area contributed by atoms with Gasteiger partial charge in [-0.25, -0.2) is 0 Å². The average Bonchev–Trinajstić information content (AvgIpc) is 2.36. The van der Waals surface area contributed by atoms with Gasteiger partial charge >= 0.3 is 0 Å². The summed E-state index contributed by atoms with van der Waals surface area (Å²) in [6.07, 6.45) is 0. The van der Waals surface area contributed by atoms with Crippen LogP contribution >= 0.6 is 43.6 Å². The average molecular weight is 383 g/mol. The van der Waals surface area contributed by atoms with Gasteiger partial charge in [-0.3, -0.25) is 4.79 Å². The molecule has 0 saturated heterocycles. The van der Waals surface area contributed by atoms with E-state index in [9.17, 15) is 4.79 Å². The first-order chi connectivity index (χ1) is 8.15. The molecule has 1 unspecified atom stereocenters. The maximum atomic E-state index is 11.6. The molecule has 6 heteroatoms. The number of alkyl halides is 2. The third kappa shape index (κ3) is 5.79. The Morgan fingerprint density at radius 2 is 2.12 bits per heavy atom. The number of benzene rings is 1. The summed E-state index contributed by atoms with van der Waals surface area (Å²) in [5.41, 5.74) is 0.